The van der Waals surface area contributed by atoms with E-state index < -0.39 is 18.0 Å². The van der Waals surface area contributed by atoms with Crippen LogP contribution in [0, 0.1) is 0 Å². The van der Waals surface area contributed by atoms with Crippen LogP contribution in [0.3, 0.4) is 0 Å². The maximum absolute atomic E-state index is 11.0. The van der Waals surface area contributed by atoms with Crippen molar-refractivity contribution < 1.29 is 14.3 Å². The van der Waals surface area contributed by atoms with E-state index in [0.717, 1.165) is 0 Å². The van der Waals surface area contributed by atoms with Crippen LogP contribution in [0.15, 0.2) is 30.3 Å². The van der Waals surface area contributed by atoms with Crippen molar-refractivity contribution >= 4 is 11.9 Å². The van der Waals surface area contributed by atoms with Crippen molar-refractivity contribution in [3.05, 3.63) is 35.9 Å². The van der Waals surface area contributed by atoms with Crippen LogP contribution in [0.5, 0.6) is 0 Å². The summed E-state index contributed by atoms with van der Waals surface area (Å²) in [4.78, 5) is 21.7. The first-order chi connectivity index (χ1) is 6.61. The highest BCUT2D eigenvalue weighted by atomic mass is 16.5. The summed E-state index contributed by atoms with van der Waals surface area (Å²) in [6.07, 6.45) is -0.992. The zero-order valence-electron chi connectivity index (χ0n) is 7.77. The average Bonchev–Trinajstić information content (AvgIpc) is 2.15. The molecule has 1 rings (SSSR count). The summed E-state index contributed by atoms with van der Waals surface area (Å²) >= 11 is 0. The lowest BCUT2D eigenvalue weighted by atomic mass is 10.1. The predicted octanol–water partition coefficient (Wildman–Crippen LogP) is 0.776. The Balaban J connectivity index is 2.89. The van der Waals surface area contributed by atoms with Crippen LogP contribution in [-0.4, -0.2) is 11.9 Å². The van der Waals surface area contributed by atoms with Gasteiger partial charge in [-0.1, -0.05) is 30.3 Å². The van der Waals surface area contributed by atoms with Crippen molar-refractivity contribution in [3.8, 4) is 0 Å². The summed E-state index contributed by atoms with van der Waals surface area (Å²) in [5.41, 5.74) is 5.68. The summed E-state index contributed by atoms with van der Waals surface area (Å²) in [6, 6.07) is 8.65. The maximum atomic E-state index is 11.0. The van der Waals surface area contributed by atoms with E-state index in [0.29, 0.717) is 5.56 Å². The number of benzene rings is 1. The molecule has 1 atom stereocenters. The summed E-state index contributed by atoms with van der Waals surface area (Å²) < 4.78 is 4.78. The van der Waals surface area contributed by atoms with E-state index in [1.807, 2.05) is 0 Å². The molecule has 0 radical (unpaired) electrons. The van der Waals surface area contributed by atoms with Gasteiger partial charge in [-0.2, -0.15) is 0 Å². The Morgan fingerprint density at radius 3 is 2.29 bits per heavy atom. The van der Waals surface area contributed by atoms with Gasteiger partial charge in [0.1, 0.15) is 0 Å². The van der Waals surface area contributed by atoms with Gasteiger partial charge in [0.05, 0.1) is 0 Å². The van der Waals surface area contributed by atoms with E-state index in [9.17, 15) is 9.59 Å². The number of nitrogens with two attached hydrogens (primary N) is 1. The third-order valence-corrected chi connectivity index (χ3v) is 1.64. The van der Waals surface area contributed by atoms with Gasteiger partial charge >= 0.3 is 5.97 Å². The standard InChI is InChI=1S/C10H11NO3/c1-7(12)14-9(10(11)13)8-5-3-2-4-6-8/h2-6,9H,1H3,(H2,11,13)/t9-/m0/s1. The second kappa shape index (κ2) is 4.41. The van der Waals surface area contributed by atoms with Crippen molar-refractivity contribution in [1.82, 2.24) is 0 Å². The van der Waals surface area contributed by atoms with Gasteiger partial charge in [0.15, 0.2) is 0 Å². The van der Waals surface area contributed by atoms with Crippen LogP contribution in [0.4, 0.5) is 0 Å². The van der Waals surface area contributed by atoms with Gasteiger partial charge < -0.3 is 10.5 Å². The zero-order valence-corrected chi connectivity index (χ0v) is 7.77. The molecule has 4 nitrogen and oxygen atoms in total. The quantitative estimate of drug-likeness (QED) is 0.721. The number of ether oxygens (including phenoxy) is 1. The van der Waals surface area contributed by atoms with Gasteiger partial charge in [0, 0.05) is 12.5 Å². The lowest BCUT2D eigenvalue weighted by Gasteiger charge is -2.13. The lowest BCUT2D eigenvalue weighted by Crippen LogP contribution is -2.25. The fraction of sp³-hybridized carbons (Fsp3) is 0.200. The van der Waals surface area contributed by atoms with E-state index in [-0.39, 0.29) is 0 Å². The van der Waals surface area contributed by atoms with Crippen LogP contribution in [0.2, 0.25) is 0 Å². The Bertz CT molecular complexity index is 334. The first kappa shape index (κ1) is 10.2. The Labute approximate surface area is 81.7 Å². The fourth-order valence-corrected chi connectivity index (χ4v) is 1.08. The molecule has 14 heavy (non-hydrogen) atoms. The molecule has 0 unspecified atom stereocenters. The Kier molecular flexibility index (Phi) is 3.23. The molecule has 0 fully saturated rings. The summed E-state index contributed by atoms with van der Waals surface area (Å²) in [5.74, 6) is -1.20. The van der Waals surface area contributed by atoms with Crippen molar-refractivity contribution in [2.75, 3.05) is 0 Å². The molecule has 1 aromatic carbocycles. The van der Waals surface area contributed by atoms with E-state index >= 15 is 0 Å². The number of hydrogen-bond acceptors (Lipinski definition) is 3. The number of esters is 1. The SMILES string of the molecule is CC(=O)O[C@H](C(N)=O)c1ccccc1. The first-order valence-electron chi connectivity index (χ1n) is 4.12. The minimum atomic E-state index is -0.992. The van der Waals surface area contributed by atoms with Crippen LogP contribution < -0.4 is 5.73 Å². The monoisotopic (exact) mass is 193 g/mol. The Hall–Kier alpha value is -1.84. The topological polar surface area (TPSA) is 69.4 Å². The smallest absolute Gasteiger partial charge is 0.303 e. The predicted molar refractivity (Wildman–Crippen MR) is 50.1 cm³/mol. The lowest BCUT2D eigenvalue weighted by molar-refractivity contribution is -0.153. The van der Waals surface area contributed by atoms with Crippen molar-refractivity contribution in [2.45, 2.75) is 13.0 Å². The third-order valence-electron chi connectivity index (χ3n) is 1.64. The van der Waals surface area contributed by atoms with Gasteiger partial charge in [-0.3, -0.25) is 9.59 Å². The van der Waals surface area contributed by atoms with Gasteiger partial charge in [-0.15, -0.1) is 0 Å². The molecule has 0 saturated carbocycles. The van der Waals surface area contributed by atoms with E-state index in [2.05, 4.69) is 0 Å². The Morgan fingerprint density at radius 2 is 1.86 bits per heavy atom. The molecule has 1 amide bonds. The van der Waals surface area contributed by atoms with Crippen molar-refractivity contribution in [2.24, 2.45) is 5.73 Å². The average molecular weight is 193 g/mol. The number of amides is 1. The second-order valence-corrected chi connectivity index (χ2v) is 2.80. The number of carbonyl (C=O) groups is 2. The number of rotatable bonds is 3. The number of carbonyl (C=O) groups excluding carboxylic acids is 2. The highest BCUT2D eigenvalue weighted by Gasteiger charge is 2.20. The molecular weight excluding hydrogens is 182 g/mol. The molecule has 74 valence electrons. The summed E-state index contributed by atoms with van der Waals surface area (Å²) in [6.45, 7) is 1.23. The normalized spacial score (nSPS) is 11.8. The molecule has 4 heteroatoms. The highest BCUT2D eigenvalue weighted by Crippen LogP contribution is 2.16. The molecule has 2 N–H and O–H groups in total. The molecule has 1 aromatic rings. The second-order valence-electron chi connectivity index (χ2n) is 2.80. The third kappa shape index (κ3) is 2.58. The molecule has 0 aromatic heterocycles. The van der Waals surface area contributed by atoms with Crippen molar-refractivity contribution in [3.63, 3.8) is 0 Å². The van der Waals surface area contributed by atoms with Gasteiger partial charge in [0.2, 0.25) is 6.10 Å². The van der Waals surface area contributed by atoms with E-state index in [1.54, 1.807) is 30.3 Å². The number of primary amides is 1. The van der Waals surface area contributed by atoms with Crippen LogP contribution >= 0.6 is 0 Å². The molecule has 0 aliphatic heterocycles. The summed E-state index contributed by atoms with van der Waals surface area (Å²) in [7, 11) is 0. The molecule has 0 heterocycles. The van der Waals surface area contributed by atoms with Gasteiger partial charge in [-0.25, -0.2) is 0 Å². The zero-order chi connectivity index (χ0) is 10.6. The highest BCUT2D eigenvalue weighted by molar-refractivity contribution is 5.83. The first-order valence-corrected chi connectivity index (χ1v) is 4.12. The van der Waals surface area contributed by atoms with Crippen molar-refractivity contribution in [1.29, 1.82) is 0 Å². The van der Waals surface area contributed by atoms with E-state index in [1.165, 1.54) is 6.92 Å². The number of hydrogen-bond donors (Lipinski definition) is 1. The molecule has 0 aliphatic rings. The largest absolute Gasteiger partial charge is 0.447 e. The summed E-state index contributed by atoms with van der Waals surface area (Å²) in [5, 5.41) is 0. The van der Waals surface area contributed by atoms with Gasteiger partial charge in [-0.05, 0) is 0 Å². The maximum Gasteiger partial charge on any atom is 0.303 e. The van der Waals surface area contributed by atoms with E-state index in [4.69, 9.17) is 10.5 Å². The fourth-order valence-electron chi connectivity index (χ4n) is 1.08. The molecular formula is C10H11NO3. The molecule has 0 spiro atoms. The molecule has 0 saturated heterocycles. The van der Waals surface area contributed by atoms with Gasteiger partial charge in [0.25, 0.3) is 5.91 Å². The minimum Gasteiger partial charge on any atom is -0.447 e. The van der Waals surface area contributed by atoms with Crippen LogP contribution in [-0.2, 0) is 14.3 Å². The Morgan fingerprint density at radius 1 is 1.29 bits per heavy atom. The molecule has 0 aliphatic carbocycles. The molecule has 0 bridgehead atoms. The van der Waals surface area contributed by atoms with Crippen LogP contribution in [0.1, 0.15) is 18.6 Å². The van der Waals surface area contributed by atoms with Crippen LogP contribution in [0.25, 0.3) is 0 Å². The minimum absolute atomic E-state index is 0.530.